The number of amides is 1. The number of thioether (sulfide) groups is 1. The molecule has 0 aliphatic rings. The summed E-state index contributed by atoms with van der Waals surface area (Å²) in [6, 6.07) is 8.36. The van der Waals surface area contributed by atoms with Crippen molar-refractivity contribution in [2.24, 2.45) is 0 Å². The quantitative estimate of drug-likeness (QED) is 0.240. The summed E-state index contributed by atoms with van der Waals surface area (Å²) in [6.45, 7) is 0. The third-order valence-electron chi connectivity index (χ3n) is 3.87. The first-order chi connectivity index (χ1) is 14.3. The van der Waals surface area contributed by atoms with Crippen molar-refractivity contribution in [1.29, 1.82) is 0 Å². The smallest absolute Gasteiger partial charge is 0.343 e. The third-order valence-corrected chi connectivity index (χ3v) is 6.00. The minimum Gasteiger partial charge on any atom is -0.477 e. The maximum atomic E-state index is 12.6. The number of benzene rings is 2. The number of nitro groups is 1. The number of carbonyl (C=O) groups is 3. The van der Waals surface area contributed by atoms with E-state index in [-0.39, 0.29) is 17.3 Å². The molecule has 0 aliphatic carbocycles. The molecule has 10 nitrogen and oxygen atoms in total. The molecule has 0 radical (unpaired) electrons. The van der Waals surface area contributed by atoms with Crippen molar-refractivity contribution in [3.05, 3.63) is 57.6 Å². The van der Waals surface area contributed by atoms with Gasteiger partial charge in [0.2, 0.25) is 0 Å². The summed E-state index contributed by atoms with van der Waals surface area (Å²) in [6.07, 6.45) is 0. The SMILES string of the molecule is COC(=O)CSc1nc2ccc(NC(=O)c3cccc([N+](=O)[O-])c3C(=O)O)cc2s1. The molecule has 0 atom stereocenters. The van der Waals surface area contributed by atoms with Crippen LogP contribution in [0.1, 0.15) is 20.7 Å². The topological polar surface area (TPSA) is 149 Å². The molecule has 1 amide bonds. The summed E-state index contributed by atoms with van der Waals surface area (Å²) >= 11 is 2.53. The van der Waals surface area contributed by atoms with Crippen molar-refractivity contribution < 1.29 is 29.2 Å². The highest BCUT2D eigenvalue weighted by Gasteiger charge is 2.27. The van der Waals surface area contributed by atoms with Gasteiger partial charge in [-0.15, -0.1) is 11.3 Å². The van der Waals surface area contributed by atoms with Crippen molar-refractivity contribution in [3.63, 3.8) is 0 Å². The normalized spacial score (nSPS) is 10.6. The van der Waals surface area contributed by atoms with E-state index >= 15 is 0 Å². The average Bonchev–Trinajstić information content (AvgIpc) is 3.13. The number of carbonyl (C=O) groups excluding carboxylic acids is 2. The van der Waals surface area contributed by atoms with Gasteiger partial charge in [-0.1, -0.05) is 17.8 Å². The summed E-state index contributed by atoms with van der Waals surface area (Å²) in [7, 11) is 1.30. The monoisotopic (exact) mass is 447 g/mol. The van der Waals surface area contributed by atoms with Gasteiger partial charge in [0.25, 0.3) is 11.6 Å². The Morgan fingerprint density at radius 3 is 2.73 bits per heavy atom. The Kier molecular flexibility index (Phi) is 6.28. The number of methoxy groups -OCH3 is 1. The van der Waals surface area contributed by atoms with Gasteiger partial charge in [-0.05, 0) is 24.3 Å². The molecule has 3 aromatic rings. The number of thiazole rings is 1. The standard InChI is InChI=1S/C18H13N3O7S2/c1-28-14(22)8-29-18-20-11-6-5-9(7-13(11)30-18)19-16(23)10-3-2-4-12(21(26)27)15(10)17(24)25/h2-7H,8H2,1H3,(H,19,23)(H,24,25). The van der Waals surface area contributed by atoms with Crippen LogP contribution in [0.15, 0.2) is 40.7 Å². The number of fused-ring (bicyclic) bond motifs is 1. The lowest BCUT2D eigenvalue weighted by Gasteiger charge is -2.08. The molecule has 1 heterocycles. The van der Waals surface area contributed by atoms with Crippen LogP contribution in [-0.2, 0) is 9.53 Å². The first-order valence-corrected chi connectivity index (χ1v) is 10.0. The van der Waals surface area contributed by atoms with Crippen LogP contribution in [0.25, 0.3) is 10.2 Å². The number of esters is 1. The Balaban J connectivity index is 1.85. The summed E-state index contributed by atoms with van der Waals surface area (Å²) in [5.74, 6) is -2.62. The minimum absolute atomic E-state index is 0.116. The molecule has 0 bridgehead atoms. The Bertz CT molecular complexity index is 1180. The number of anilines is 1. The van der Waals surface area contributed by atoms with Crippen LogP contribution < -0.4 is 5.32 Å². The second kappa shape index (κ2) is 8.88. The number of hydrogen-bond donors (Lipinski definition) is 2. The zero-order chi connectivity index (χ0) is 21.8. The zero-order valence-corrected chi connectivity index (χ0v) is 16.9. The summed E-state index contributed by atoms with van der Waals surface area (Å²) in [5, 5.41) is 23.0. The van der Waals surface area contributed by atoms with E-state index in [1.807, 2.05) is 0 Å². The average molecular weight is 447 g/mol. The molecular formula is C18H13N3O7S2. The lowest BCUT2D eigenvalue weighted by molar-refractivity contribution is -0.385. The fraction of sp³-hybridized carbons (Fsp3) is 0.111. The largest absolute Gasteiger partial charge is 0.477 e. The van der Waals surface area contributed by atoms with Crippen LogP contribution in [0.3, 0.4) is 0 Å². The highest BCUT2D eigenvalue weighted by atomic mass is 32.2. The van der Waals surface area contributed by atoms with Crippen LogP contribution in [0.2, 0.25) is 0 Å². The van der Waals surface area contributed by atoms with E-state index in [1.54, 1.807) is 18.2 Å². The molecule has 3 rings (SSSR count). The molecule has 0 fully saturated rings. The number of carboxylic acids is 1. The number of rotatable bonds is 7. The molecule has 0 aliphatic heterocycles. The Hall–Kier alpha value is -3.51. The van der Waals surface area contributed by atoms with Gasteiger partial charge in [0.05, 0.1) is 33.6 Å². The number of aromatic carboxylic acids is 1. The number of carboxylic acid groups (broad SMARTS) is 1. The zero-order valence-electron chi connectivity index (χ0n) is 15.3. The van der Waals surface area contributed by atoms with Gasteiger partial charge in [0.15, 0.2) is 4.34 Å². The third kappa shape index (κ3) is 4.55. The Labute approximate surface area is 177 Å². The van der Waals surface area contributed by atoms with Gasteiger partial charge in [-0.25, -0.2) is 9.78 Å². The Morgan fingerprint density at radius 2 is 2.07 bits per heavy atom. The molecule has 2 aromatic carbocycles. The van der Waals surface area contributed by atoms with E-state index in [2.05, 4.69) is 15.0 Å². The highest BCUT2D eigenvalue weighted by Crippen LogP contribution is 2.31. The number of nitrogens with one attached hydrogen (secondary N) is 1. The molecular weight excluding hydrogens is 434 g/mol. The molecule has 30 heavy (non-hydrogen) atoms. The number of nitrogens with zero attached hydrogens (tertiary/aromatic N) is 2. The van der Waals surface area contributed by atoms with Crippen LogP contribution in [0, 0.1) is 10.1 Å². The molecule has 2 N–H and O–H groups in total. The molecule has 1 aromatic heterocycles. The van der Waals surface area contributed by atoms with Crippen molar-refractivity contribution in [3.8, 4) is 0 Å². The molecule has 154 valence electrons. The fourth-order valence-corrected chi connectivity index (χ4v) is 4.47. The maximum Gasteiger partial charge on any atom is 0.343 e. The Morgan fingerprint density at radius 1 is 1.30 bits per heavy atom. The van der Waals surface area contributed by atoms with Gasteiger partial charge in [0, 0.05) is 11.8 Å². The van der Waals surface area contributed by atoms with E-state index in [4.69, 9.17) is 0 Å². The summed E-state index contributed by atoms with van der Waals surface area (Å²) in [4.78, 5) is 50.0. The summed E-state index contributed by atoms with van der Waals surface area (Å²) in [5.41, 5.74) is -0.647. The predicted molar refractivity (Wildman–Crippen MR) is 110 cm³/mol. The molecule has 0 saturated carbocycles. The van der Waals surface area contributed by atoms with Crippen LogP contribution >= 0.6 is 23.1 Å². The maximum absolute atomic E-state index is 12.6. The van der Waals surface area contributed by atoms with Crippen molar-refractivity contribution >= 4 is 62.5 Å². The highest BCUT2D eigenvalue weighted by molar-refractivity contribution is 8.01. The number of nitro benzene ring substituents is 1. The van der Waals surface area contributed by atoms with Gasteiger partial charge >= 0.3 is 11.9 Å². The summed E-state index contributed by atoms with van der Waals surface area (Å²) < 4.78 is 5.96. The van der Waals surface area contributed by atoms with Crippen molar-refractivity contribution in [1.82, 2.24) is 4.98 Å². The molecule has 0 saturated heterocycles. The molecule has 0 unspecified atom stereocenters. The number of ether oxygens (including phenoxy) is 1. The van der Waals surface area contributed by atoms with E-state index in [1.165, 1.54) is 42.3 Å². The van der Waals surface area contributed by atoms with Crippen molar-refractivity contribution in [2.75, 3.05) is 18.2 Å². The number of aromatic nitrogens is 1. The van der Waals surface area contributed by atoms with Gasteiger partial charge in [-0.3, -0.25) is 19.7 Å². The second-order valence-electron chi connectivity index (χ2n) is 5.74. The van der Waals surface area contributed by atoms with Crippen LogP contribution in [-0.4, -0.2) is 45.7 Å². The van der Waals surface area contributed by atoms with E-state index in [0.717, 1.165) is 10.8 Å². The van der Waals surface area contributed by atoms with E-state index in [0.29, 0.717) is 15.5 Å². The van der Waals surface area contributed by atoms with Gasteiger partial charge in [-0.2, -0.15) is 0 Å². The first kappa shape index (κ1) is 21.2. The number of hydrogen-bond acceptors (Lipinski definition) is 9. The molecule has 12 heteroatoms. The van der Waals surface area contributed by atoms with Crippen molar-refractivity contribution in [2.45, 2.75) is 4.34 Å². The second-order valence-corrected chi connectivity index (χ2v) is 8.00. The minimum atomic E-state index is -1.57. The van der Waals surface area contributed by atoms with E-state index < -0.39 is 28.1 Å². The predicted octanol–water partition coefficient (Wildman–Crippen LogP) is 3.42. The molecule has 0 spiro atoms. The lowest BCUT2D eigenvalue weighted by Crippen LogP contribution is -2.17. The lowest BCUT2D eigenvalue weighted by atomic mass is 10.0. The van der Waals surface area contributed by atoms with Crippen LogP contribution in [0.4, 0.5) is 11.4 Å². The fourth-order valence-electron chi connectivity index (χ4n) is 2.53. The van der Waals surface area contributed by atoms with Gasteiger partial charge < -0.3 is 15.2 Å². The van der Waals surface area contributed by atoms with Crippen LogP contribution in [0.5, 0.6) is 0 Å². The first-order valence-electron chi connectivity index (χ1n) is 8.22. The van der Waals surface area contributed by atoms with E-state index in [9.17, 15) is 29.6 Å². The van der Waals surface area contributed by atoms with Gasteiger partial charge in [0.1, 0.15) is 5.56 Å².